The number of hydrogen-bond acceptors (Lipinski definition) is 4. The molecule has 1 saturated heterocycles. The summed E-state index contributed by atoms with van der Waals surface area (Å²) in [5.41, 5.74) is 0.623. The Morgan fingerprint density at radius 2 is 1.95 bits per heavy atom. The molecule has 2 atom stereocenters. The molecular weight excluding hydrogens is 244 g/mol. The molecule has 1 aromatic carbocycles. The quantitative estimate of drug-likeness (QED) is 0.658. The molecule has 3 N–H and O–H groups in total. The average Bonchev–Trinajstić information content (AvgIpc) is 2.82. The van der Waals surface area contributed by atoms with Crippen LogP contribution >= 0.6 is 0 Å². The number of rotatable bonds is 5. The van der Waals surface area contributed by atoms with E-state index in [2.05, 4.69) is 10.6 Å². The Bertz CT molecular complexity index is 447. The van der Waals surface area contributed by atoms with Crippen LogP contribution in [0.4, 0.5) is 0 Å². The van der Waals surface area contributed by atoms with Gasteiger partial charge in [0.1, 0.15) is 0 Å². The van der Waals surface area contributed by atoms with Gasteiger partial charge in [0.15, 0.2) is 5.78 Å². The number of nitrogens with one attached hydrogen (secondary N) is 2. The zero-order chi connectivity index (χ0) is 13.7. The number of aliphatic hydroxyl groups is 1. The molecule has 1 aliphatic heterocycles. The zero-order valence-corrected chi connectivity index (χ0v) is 10.6. The lowest BCUT2D eigenvalue weighted by Gasteiger charge is -2.15. The van der Waals surface area contributed by atoms with Gasteiger partial charge in [0.25, 0.3) is 0 Å². The minimum atomic E-state index is -0.547. The monoisotopic (exact) mass is 262 g/mol. The van der Waals surface area contributed by atoms with Crippen LogP contribution in [-0.4, -0.2) is 42.0 Å². The van der Waals surface area contributed by atoms with E-state index in [0.717, 1.165) is 0 Å². The van der Waals surface area contributed by atoms with E-state index >= 15 is 0 Å². The number of ketones is 1. The maximum Gasteiger partial charge on any atom is 0.220 e. The van der Waals surface area contributed by atoms with Gasteiger partial charge >= 0.3 is 0 Å². The van der Waals surface area contributed by atoms with Crippen molar-refractivity contribution in [3.05, 3.63) is 35.9 Å². The summed E-state index contributed by atoms with van der Waals surface area (Å²) in [5, 5.41) is 15.3. The average molecular weight is 262 g/mol. The minimum Gasteiger partial charge on any atom is -0.390 e. The predicted octanol–water partition coefficient (Wildman–Crippen LogP) is 0.0984. The maximum absolute atomic E-state index is 11.8. The second-order valence-corrected chi connectivity index (χ2v) is 4.69. The van der Waals surface area contributed by atoms with Crippen molar-refractivity contribution in [3.63, 3.8) is 0 Å². The summed E-state index contributed by atoms with van der Waals surface area (Å²) < 4.78 is 0. The third-order valence-electron chi connectivity index (χ3n) is 3.20. The molecule has 2 rings (SSSR count). The Kier molecular flexibility index (Phi) is 4.65. The van der Waals surface area contributed by atoms with Crippen LogP contribution in [0.2, 0.25) is 0 Å². The van der Waals surface area contributed by atoms with Crippen LogP contribution in [0, 0.1) is 0 Å². The van der Waals surface area contributed by atoms with E-state index in [1.807, 2.05) is 6.07 Å². The molecule has 0 unspecified atom stereocenters. The number of amides is 1. The molecule has 0 radical (unpaired) electrons. The van der Waals surface area contributed by atoms with Crippen molar-refractivity contribution in [1.82, 2.24) is 10.6 Å². The first-order valence-electron chi connectivity index (χ1n) is 6.43. The highest BCUT2D eigenvalue weighted by Gasteiger charge is 2.26. The molecular formula is C14H18N2O3. The van der Waals surface area contributed by atoms with Gasteiger partial charge in [-0.25, -0.2) is 0 Å². The Hall–Kier alpha value is -1.72. The number of β-amino-alcohol motifs (C(OH)–C–C–N with tert-alkyl or cyclic N) is 1. The lowest BCUT2D eigenvalue weighted by molar-refractivity contribution is -0.122. The molecule has 0 aliphatic carbocycles. The topological polar surface area (TPSA) is 78.4 Å². The van der Waals surface area contributed by atoms with Gasteiger partial charge in [-0.05, 0) is 0 Å². The van der Waals surface area contributed by atoms with Gasteiger partial charge in [0, 0.05) is 31.5 Å². The van der Waals surface area contributed by atoms with E-state index in [9.17, 15) is 14.7 Å². The molecule has 1 fully saturated rings. The van der Waals surface area contributed by atoms with Crippen molar-refractivity contribution < 1.29 is 14.7 Å². The Balaban J connectivity index is 1.76. The lowest BCUT2D eigenvalue weighted by atomic mass is 10.1. The first-order chi connectivity index (χ1) is 9.16. The molecule has 1 aliphatic rings. The first-order valence-corrected chi connectivity index (χ1v) is 6.43. The number of aliphatic hydroxyl groups excluding tert-OH is 1. The van der Waals surface area contributed by atoms with E-state index in [1.54, 1.807) is 24.3 Å². The number of carbonyl (C=O) groups is 2. The Morgan fingerprint density at radius 1 is 1.21 bits per heavy atom. The third kappa shape index (κ3) is 3.87. The Labute approximate surface area is 112 Å². The van der Waals surface area contributed by atoms with Crippen LogP contribution in [0.25, 0.3) is 0 Å². The van der Waals surface area contributed by atoms with Gasteiger partial charge in [0.2, 0.25) is 5.91 Å². The SMILES string of the molecule is O=C(CCC(=O)c1ccccc1)N[C@@H]1CNC[C@H]1O. The molecule has 0 saturated carbocycles. The number of hydrogen-bond donors (Lipinski definition) is 3. The standard InChI is InChI=1S/C14H18N2O3/c17-12(10-4-2-1-3-5-10)6-7-14(19)16-11-8-15-9-13(11)18/h1-5,11,13,15,18H,6-9H2,(H,16,19)/t11-,13-/m1/s1. The predicted molar refractivity (Wildman–Crippen MR) is 70.8 cm³/mol. The van der Waals surface area contributed by atoms with Crippen LogP contribution in [0.1, 0.15) is 23.2 Å². The lowest BCUT2D eigenvalue weighted by Crippen LogP contribution is -2.42. The normalized spacial score (nSPS) is 22.2. The van der Waals surface area contributed by atoms with E-state index < -0.39 is 6.10 Å². The molecule has 102 valence electrons. The van der Waals surface area contributed by atoms with Gasteiger partial charge in [0.05, 0.1) is 12.1 Å². The van der Waals surface area contributed by atoms with E-state index in [-0.39, 0.29) is 30.6 Å². The molecule has 5 heteroatoms. The second kappa shape index (κ2) is 6.45. The highest BCUT2D eigenvalue weighted by atomic mass is 16.3. The smallest absolute Gasteiger partial charge is 0.220 e. The maximum atomic E-state index is 11.8. The molecule has 1 heterocycles. The van der Waals surface area contributed by atoms with Crippen molar-refractivity contribution in [1.29, 1.82) is 0 Å². The van der Waals surface area contributed by atoms with Crippen molar-refractivity contribution in [3.8, 4) is 0 Å². The van der Waals surface area contributed by atoms with Crippen LogP contribution in [0.5, 0.6) is 0 Å². The van der Waals surface area contributed by atoms with Gasteiger partial charge < -0.3 is 15.7 Å². The molecule has 0 spiro atoms. The molecule has 0 aromatic heterocycles. The largest absolute Gasteiger partial charge is 0.390 e. The van der Waals surface area contributed by atoms with Gasteiger partial charge in [-0.3, -0.25) is 9.59 Å². The summed E-state index contributed by atoms with van der Waals surface area (Å²) in [7, 11) is 0. The molecule has 19 heavy (non-hydrogen) atoms. The summed E-state index contributed by atoms with van der Waals surface area (Å²) in [6, 6.07) is 8.68. The van der Waals surface area contributed by atoms with Gasteiger partial charge in [-0.2, -0.15) is 0 Å². The minimum absolute atomic E-state index is 0.0409. The Morgan fingerprint density at radius 3 is 2.58 bits per heavy atom. The van der Waals surface area contributed by atoms with Crippen molar-refractivity contribution in [2.75, 3.05) is 13.1 Å². The van der Waals surface area contributed by atoms with Crippen molar-refractivity contribution in [2.45, 2.75) is 25.0 Å². The van der Waals surface area contributed by atoms with Crippen LogP contribution in [0.3, 0.4) is 0 Å². The van der Waals surface area contributed by atoms with E-state index in [4.69, 9.17) is 0 Å². The molecule has 5 nitrogen and oxygen atoms in total. The number of carbonyl (C=O) groups excluding carboxylic acids is 2. The third-order valence-corrected chi connectivity index (χ3v) is 3.20. The fraction of sp³-hybridized carbons (Fsp3) is 0.429. The summed E-state index contributed by atoms with van der Waals surface area (Å²) in [5.74, 6) is -0.238. The zero-order valence-electron chi connectivity index (χ0n) is 10.6. The fourth-order valence-electron chi connectivity index (χ4n) is 2.09. The summed E-state index contributed by atoms with van der Waals surface area (Å²) in [6.45, 7) is 1.06. The van der Waals surface area contributed by atoms with Crippen molar-refractivity contribution >= 4 is 11.7 Å². The van der Waals surface area contributed by atoms with Gasteiger partial charge in [-0.1, -0.05) is 30.3 Å². The van der Waals surface area contributed by atoms with Crippen LogP contribution in [-0.2, 0) is 4.79 Å². The second-order valence-electron chi connectivity index (χ2n) is 4.69. The molecule has 1 amide bonds. The molecule has 1 aromatic rings. The van der Waals surface area contributed by atoms with Crippen LogP contribution in [0.15, 0.2) is 30.3 Å². The number of Topliss-reactive ketones (excluding diaryl/α,β-unsaturated/α-hetero) is 1. The first kappa shape index (κ1) is 13.7. The summed E-state index contributed by atoms with van der Waals surface area (Å²) >= 11 is 0. The van der Waals surface area contributed by atoms with Gasteiger partial charge in [-0.15, -0.1) is 0 Å². The fourth-order valence-corrected chi connectivity index (χ4v) is 2.09. The van der Waals surface area contributed by atoms with E-state index in [0.29, 0.717) is 18.7 Å². The van der Waals surface area contributed by atoms with Crippen LogP contribution < -0.4 is 10.6 Å². The summed E-state index contributed by atoms with van der Waals surface area (Å²) in [6.07, 6.45) is -0.211. The number of benzene rings is 1. The van der Waals surface area contributed by atoms with Crippen molar-refractivity contribution in [2.24, 2.45) is 0 Å². The molecule has 0 bridgehead atoms. The highest BCUT2D eigenvalue weighted by molar-refractivity contribution is 5.97. The summed E-state index contributed by atoms with van der Waals surface area (Å²) in [4.78, 5) is 23.5. The van der Waals surface area contributed by atoms with E-state index in [1.165, 1.54) is 0 Å². The highest BCUT2D eigenvalue weighted by Crippen LogP contribution is 2.06.